The number of rotatable bonds is 2. The van der Waals surface area contributed by atoms with Gasteiger partial charge in [-0.2, -0.15) is 0 Å². The molecule has 1 amide bonds. The number of para-hydroxylation sites is 1. The molecule has 3 fully saturated rings. The number of benzene rings is 1. The summed E-state index contributed by atoms with van der Waals surface area (Å²) in [4.78, 5) is 15.6. The van der Waals surface area contributed by atoms with Crippen LogP contribution in [0.5, 0.6) is 11.5 Å². The van der Waals surface area contributed by atoms with Gasteiger partial charge in [0.1, 0.15) is 13.2 Å². The summed E-state index contributed by atoms with van der Waals surface area (Å²) in [6.45, 7) is 2.02. The number of carbonyl (C=O) groups is 1. The fourth-order valence-corrected chi connectivity index (χ4v) is 5.94. The molecule has 2 aliphatic carbocycles. The van der Waals surface area contributed by atoms with Crippen LogP contribution >= 0.6 is 12.4 Å². The molecule has 2 saturated carbocycles. The van der Waals surface area contributed by atoms with Crippen molar-refractivity contribution in [2.24, 2.45) is 23.5 Å². The Labute approximate surface area is 173 Å². The third-order valence-corrected chi connectivity index (χ3v) is 7.25. The van der Waals surface area contributed by atoms with E-state index in [1.165, 1.54) is 19.3 Å². The average molecular weight is 407 g/mol. The lowest BCUT2D eigenvalue weighted by atomic mass is 9.65. The third-order valence-electron chi connectivity index (χ3n) is 7.25. The van der Waals surface area contributed by atoms with Crippen molar-refractivity contribution >= 4 is 18.3 Å². The van der Waals surface area contributed by atoms with Gasteiger partial charge in [0.05, 0.1) is 6.04 Å². The number of ether oxygens (including phenoxy) is 2. The smallest absolute Gasteiger partial charge is 0.226 e. The van der Waals surface area contributed by atoms with Gasteiger partial charge in [-0.3, -0.25) is 4.79 Å². The highest BCUT2D eigenvalue weighted by molar-refractivity contribution is 5.85. The number of hydrogen-bond donors (Lipinski definition) is 1. The summed E-state index contributed by atoms with van der Waals surface area (Å²) < 4.78 is 11.7. The van der Waals surface area contributed by atoms with Gasteiger partial charge in [-0.05, 0) is 56.4 Å². The minimum Gasteiger partial charge on any atom is -0.486 e. The zero-order chi connectivity index (χ0) is 18.4. The predicted octanol–water partition coefficient (Wildman–Crippen LogP) is 3.70. The van der Waals surface area contributed by atoms with E-state index in [-0.39, 0.29) is 24.4 Å². The van der Waals surface area contributed by atoms with E-state index >= 15 is 0 Å². The maximum Gasteiger partial charge on any atom is 0.226 e. The van der Waals surface area contributed by atoms with E-state index in [1.807, 2.05) is 12.1 Å². The zero-order valence-corrected chi connectivity index (χ0v) is 17.2. The number of nitrogens with two attached hydrogens (primary N) is 1. The molecule has 1 saturated heterocycles. The summed E-state index contributed by atoms with van der Waals surface area (Å²) in [7, 11) is 0. The Kier molecular flexibility index (Phi) is 5.75. The number of halogens is 1. The third kappa shape index (κ3) is 3.37. The van der Waals surface area contributed by atoms with Crippen LogP contribution in [0.25, 0.3) is 0 Å². The van der Waals surface area contributed by atoms with Crippen LogP contribution in [0.2, 0.25) is 0 Å². The van der Waals surface area contributed by atoms with Gasteiger partial charge in [-0.25, -0.2) is 0 Å². The number of fused-ring (bicyclic) bond motifs is 3. The fraction of sp³-hybridized carbons (Fsp3) is 0.682. The zero-order valence-electron chi connectivity index (χ0n) is 16.3. The molecule has 2 bridgehead atoms. The molecule has 3 unspecified atom stereocenters. The van der Waals surface area contributed by atoms with Crippen molar-refractivity contribution in [2.75, 3.05) is 19.8 Å². The number of nitrogens with zero attached hydrogens (tertiary/aromatic N) is 1. The lowest BCUT2D eigenvalue weighted by Crippen LogP contribution is -2.49. The number of carbonyl (C=O) groups excluding carboxylic acids is 1. The van der Waals surface area contributed by atoms with E-state index in [0.717, 1.165) is 49.3 Å². The molecule has 28 heavy (non-hydrogen) atoms. The Morgan fingerprint density at radius 3 is 2.57 bits per heavy atom. The summed E-state index contributed by atoms with van der Waals surface area (Å²) in [5.41, 5.74) is 7.56. The summed E-state index contributed by atoms with van der Waals surface area (Å²) in [5.74, 6) is 3.22. The maximum atomic E-state index is 13.5. The predicted molar refractivity (Wildman–Crippen MR) is 110 cm³/mol. The lowest BCUT2D eigenvalue weighted by molar-refractivity contribution is -0.139. The molecule has 5 rings (SSSR count). The van der Waals surface area contributed by atoms with Crippen LogP contribution in [-0.2, 0) is 4.79 Å². The number of hydrogen-bond acceptors (Lipinski definition) is 4. The van der Waals surface area contributed by atoms with Crippen LogP contribution in [0.1, 0.15) is 56.6 Å². The molecule has 5 nitrogen and oxygen atoms in total. The quantitative estimate of drug-likeness (QED) is 0.813. The average Bonchev–Trinajstić information content (AvgIpc) is 3.16. The second-order valence-corrected chi connectivity index (χ2v) is 8.76. The largest absolute Gasteiger partial charge is 0.486 e. The molecule has 2 heterocycles. The molecule has 3 atom stereocenters. The molecular formula is C22H31ClN2O3. The summed E-state index contributed by atoms with van der Waals surface area (Å²) in [6.07, 6.45) is 7.69. The summed E-state index contributed by atoms with van der Waals surface area (Å²) in [6, 6.07) is 6.51. The van der Waals surface area contributed by atoms with Gasteiger partial charge in [-0.1, -0.05) is 18.6 Å². The van der Waals surface area contributed by atoms with E-state index in [9.17, 15) is 4.79 Å². The van der Waals surface area contributed by atoms with Gasteiger partial charge in [0.2, 0.25) is 5.91 Å². The Balaban J connectivity index is 0.00000192. The number of amides is 1. The molecule has 6 heteroatoms. The van der Waals surface area contributed by atoms with E-state index in [1.54, 1.807) is 0 Å². The van der Waals surface area contributed by atoms with E-state index < -0.39 is 0 Å². The topological polar surface area (TPSA) is 64.8 Å². The minimum atomic E-state index is 0. The van der Waals surface area contributed by atoms with E-state index in [4.69, 9.17) is 15.2 Å². The second-order valence-electron chi connectivity index (χ2n) is 8.76. The van der Waals surface area contributed by atoms with Gasteiger partial charge in [0.15, 0.2) is 11.5 Å². The molecule has 0 radical (unpaired) electrons. The normalized spacial score (nSPS) is 33.9. The van der Waals surface area contributed by atoms with Crippen molar-refractivity contribution in [1.29, 1.82) is 0 Å². The van der Waals surface area contributed by atoms with Crippen LogP contribution in [0.15, 0.2) is 18.2 Å². The standard InChI is InChI=1S/C22H30N2O3.ClH/c23-20-14-4-1-5-15(20)13-16(12-14)22(25)24-9-3-7-18(24)17-6-2-8-19-21(17)27-11-10-26-19;/h2,6,8,14-16,18,20H,1,3-5,7,9-13,23H2;1H. The highest BCUT2D eigenvalue weighted by Crippen LogP contribution is 2.46. The van der Waals surface area contributed by atoms with Crippen LogP contribution in [0.3, 0.4) is 0 Å². The second kappa shape index (κ2) is 8.11. The highest BCUT2D eigenvalue weighted by Gasteiger charge is 2.43. The first-order valence-corrected chi connectivity index (χ1v) is 10.7. The SMILES string of the molecule is Cl.NC1C2CCCC1CC(C(=O)N1CCCC1c1cccc3c1OCCO3)C2. The van der Waals surface area contributed by atoms with Crippen LogP contribution in [0.4, 0.5) is 0 Å². The Morgan fingerprint density at radius 1 is 1.04 bits per heavy atom. The molecule has 154 valence electrons. The summed E-state index contributed by atoms with van der Waals surface area (Å²) in [5, 5.41) is 0. The Bertz CT molecular complexity index is 714. The van der Waals surface area contributed by atoms with Gasteiger partial charge < -0.3 is 20.1 Å². The lowest BCUT2D eigenvalue weighted by Gasteiger charge is -2.44. The van der Waals surface area contributed by atoms with Crippen LogP contribution < -0.4 is 15.2 Å². The van der Waals surface area contributed by atoms with Crippen molar-refractivity contribution in [1.82, 2.24) is 4.90 Å². The molecule has 2 N–H and O–H groups in total. The molecule has 4 aliphatic rings. The van der Waals surface area contributed by atoms with Crippen molar-refractivity contribution in [3.8, 4) is 11.5 Å². The first kappa shape index (κ1) is 19.8. The van der Waals surface area contributed by atoms with Crippen molar-refractivity contribution < 1.29 is 14.3 Å². The van der Waals surface area contributed by atoms with Gasteiger partial charge in [-0.15, -0.1) is 12.4 Å². The monoisotopic (exact) mass is 406 g/mol. The van der Waals surface area contributed by atoms with Crippen LogP contribution in [0, 0.1) is 17.8 Å². The first-order valence-electron chi connectivity index (χ1n) is 10.7. The molecule has 2 aliphatic heterocycles. The Morgan fingerprint density at radius 2 is 1.79 bits per heavy atom. The van der Waals surface area contributed by atoms with Gasteiger partial charge in [0, 0.05) is 24.1 Å². The van der Waals surface area contributed by atoms with E-state index in [2.05, 4.69) is 11.0 Å². The molecule has 0 aromatic heterocycles. The van der Waals surface area contributed by atoms with Gasteiger partial charge in [0.25, 0.3) is 0 Å². The first-order chi connectivity index (χ1) is 13.2. The van der Waals surface area contributed by atoms with E-state index in [0.29, 0.717) is 37.0 Å². The highest BCUT2D eigenvalue weighted by atomic mass is 35.5. The molecule has 1 aromatic carbocycles. The molecule has 1 aromatic rings. The van der Waals surface area contributed by atoms with Crippen molar-refractivity contribution in [2.45, 2.75) is 57.0 Å². The minimum absolute atomic E-state index is 0. The summed E-state index contributed by atoms with van der Waals surface area (Å²) >= 11 is 0. The molecular weight excluding hydrogens is 376 g/mol. The Hall–Kier alpha value is -1.46. The van der Waals surface area contributed by atoms with Crippen molar-refractivity contribution in [3.05, 3.63) is 23.8 Å². The van der Waals surface area contributed by atoms with Gasteiger partial charge >= 0.3 is 0 Å². The maximum absolute atomic E-state index is 13.5. The van der Waals surface area contributed by atoms with Crippen LogP contribution in [-0.4, -0.2) is 36.6 Å². The molecule has 0 spiro atoms. The fourth-order valence-electron chi connectivity index (χ4n) is 5.94. The van der Waals surface area contributed by atoms with Crippen molar-refractivity contribution in [3.63, 3.8) is 0 Å². The number of likely N-dealkylation sites (tertiary alicyclic amines) is 1.